The van der Waals surface area contributed by atoms with E-state index in [4.69, 9.17) is 11.6 Å². The molecule has 1 aromatic heterocycles. The van der Waals surface area contributed by atoms with Gasteiger partial charge in [-0.05, 0) is 24.4 Å². The van der Waals surface area contributed by atoms with E-state index in [0.717, 1.165) is 30.6 Å². The molecule has 2 aliphatic rings. The van der Waals surface area contributed by atoms with Crippen molar-refractivity contribution < 1.29 is 15.0 Å². The molecular formula is C13H17ClN4O3. The van der Waals surface area contributed by atoms with E-state index in [0.29, 0.717) is 18.8 Å². The van der Waals surface area contributed by atoms with Gasteiger partial charge in [0.05, 0.1) is 24.9 Å². The molecule has 1 atom stereocenters. The Labute approximate surface area is 127 Å². The van der Waals surface area contributed by atoms with Gasteiger partial charge < -0.3 is 20.0 Å². The fourth-order valence-corrected chi connectivity index (χ4v) is 3.25. The summed E-state index contributed by atoms with van der Waals surface area (Å²) in [6.07, 6.45) is 1.47. The van der Waals surface area contributed by atoms with Gasteiger partial charge in [0.1, 0.15) is 5.82 Å². The van der Waals surface area contributed by atoms with Gasteiger partial charge in [-0.3, -0.25) is 0 Å². The number of rotatable bonds is 2. The Morgan fingerprint density at radius 1 is 1.38 bits per heavy atom. The molecule has 8 heteroatoms. The smallest absolute Gasteiger partial charge is 0.407 e. The van der Waals surface area contributed by atoms with Crippen LogP contribution in [0.1, 0.15) is 24.1 Å². The highest BCUT2D eigenvalue weighted by molar-refractivity contribution is 6.28. The molecule has 114 valence electrons. The minimum atomic E-state index is -0.943. The van der Waals surface area contributed by atoms with Gasteiger partial charge in [-0.1, -0.05) is 0 Å². The van der Waals surface area contributed by atoms with Crippen LogP contribution in [0.5, 0.6) is 0 Å². The van der Waals surface area contributed by atoms with Crippen molar-refractivity contribution in [2.75, 3.05) is 24.6 Å². The van der Waals surface area contributed by atoms with E-state index >= 15 is 0 Å². The van der Waals surface area contributed by atoms with Crippen molar-refractivity contribution in [3.63, 3.8) is 0 Å². The molecule has 7 nitrogen and oxygen atoms in total. The van der Waals surface area contributed by atoms with Gasteiger partial charge in [0.2, 0.25) is 5.28 Å². The molecule has 0 bridgehead atoms. The molecule has 1 fully saturated rings. The zero-order chi connectivity index (χ0) is 15.0. The van der Waals surface area contributed by atoms with E-state index in [-0.39, 0.29) is 24.5 Å². The summed E-state index contributed by atoms with van der Waals surface area (Å²) in [6.45, 7) is 1.53. The molecule has 3 heterocycles. The molecule has 21 heavy (non-hydrogen) atoms. The number of amides is 1. The summed E-state index contributed by atoms with van der Waals surface area (Å²) in [5, 5.41) is 18.8. The predicted molar refractivity (Wildman–Crippen MR) is 76.6 cm³/mol. The van der Waals surface area contributed by atoms with Crippen LogP contribution in [0.4, 0.5) is 10.6 Å². The Morgan fingerprint density at radius 3 is 2.90 bits per heavy atom. The van der Waals surface area contributed by atoms with Crippen LogP contribution in [0.25, 0.3) is 0 Å². The Bertz CT molecular complexity index is 569. The number of halogens is 1. The molecule has 0 radical (unpaired) electrons. The monoisotopic (exact) mass is 312 g/mol. The van der Waals surface area contributed by atoms with Gasteiger partial charge in [-0.2, -0.15) is 0 Å². The third-order valence-electron chi connectivity index (χ3n) is 4.14. The number of aromatic nitrogens is 2. The lowest BCUT2D eigenvalue weighted by atomic mass is 10.1. The van der Waals surface area contributed by atoms with Crippen molar-refractivity contribution in [1.29, 1.82) is 0 Å². The highest BCUT2D eigenvalue weighted by atomic mass is 35.5. The zero-order valence-corrected chi connectivity index (χ0v) is 12.3. The summed E-state index contributed by atoms with van der Waals surface area (Å²) in [7, 11) is 0. The van der Waals surface area contributed by atoms with Crippen LogP contribution in [-0.2, 0) is 13.0 Å². The van der Waals surface area contributed by atoms with Crippen LogP contribution in [0.15, 0.2) is 0 Å². The molecule has 1 aromatic rings. The SMILES string of the molecule is O=C(O)N1CCc2nc(Cl)nc(N3CCC[C@H]3CO)c2C1. The molecular weight excluding hydrogens is 296 g/mol. The topological polar surface area (TPSA) is 89.8 Å². The normalized spacial score (nSPS) is 21.5. The minimum Gasteiger partial charge on any atom is -0.465 e. The highest BCUT2D eigenvalue weighted by Crippen LogP contribution is 2.32. The number of nitrogens with zero attached hydrogens (tertiary/aromatic N) is 4. The van der Waals surface area contributed by atoms with Gasteiger partial charge in [-0.25, -0.2) is 14.8 Å². The van der Waals surface area contributed by atoms with Crippen LogP contribution in [0, 0.1) is 0 Å². The molecule has 0 spiro atoms. The average Bonchev–Trinajstić information content (AvgIpc) is 2.94. The van der Waals surface area contributed by atoms with Crippen molar-refractivity contribution in [1.82, 2.24) is 14.9 Å². The van der Waals surface area contributed by atoms with Crippen LogP contribution >= 0.6 is 11.6 Å². The van der Waals surface area contributed by atoms with Gasteiger partial charge in [0.25, 0.3) is 0 Å². The largest absolute Gasteiger partial charge is 0.465 e. The predicted octanol–water partition coefficient (Wildman–Crippen LogP) is 1.13. The van der Waals surface area contributed by atoms with Crippen LogP contribution < -0.4 is 4.90 Å². The Kier molecular flexibility index (Phi) is 3.86. The van der Waals surface area contributed by atoms with E-state index in [1.54, 1.807) is 0 Å². The van der Waals surface area contributed by atoms with E-state index in [1.807, 2.05) is 4.90 Å². The Balaban J connectivity index is 2.00. The van der Waals surface area contributed by atoms with Gasteiger partial charge in [0.15, 0.2) is 0 Å². The third-order valence-corrected chi connectivity index (χ3v) is 4.31. The highest BCUT2D eigenvalue weighted by Gasteiger charge is 2.31. The lowest BCUT2D eigenvalue weighted by Gasteiger charge is -2.32. The minimum absolute atomic E-state index is 0.0141. The summed E-state index contributed by atoms with van der Waals surface area (Å²) in [5.74, 6) is 0.674. The summed E-state index contributed by atoms with van der Waals surface area (Å²) in [6, 6.07) is 0.0141. The number of carboxylic acid groups (broad SMARTS) is 1. The summed E-state index contributed by atoms with van der Waals surface area (Å²) in [5.41, 5.74) is 1.62. The first-order valence-electron chi connectivity index (χ1n) is 7.01. The molecule has 0 unspecified atom stereocenters. The summed E-state index contributed by atoms with van der Waals surface area (Å²) < 4.78 is 0. The Hall–Kier alpha value is -1.60. The molecule has 1 amide bonds. The maximum Gasteiger partial charge on any atom is 0.407 e. The summed E-state index contributed by atoms with van der Waals surface area (Å²) in [4.78, 5) is 23.1. The van der Waals surface area contributed by atoms with E-state index in [2.05, 4.69) is 9.97 Å². The first kappa shape index (κ1) is 14.3. The van der Waals surface area contributed by atoms with Crippen LogP contribution in [0.2, 0.25) is 5.28 Å². The lowest BCUT2D eigenvalue weighted by Crippen LogP contribution is -2.39. The van der Waals surface area contributed by atoms with Crippen molar-refractivity contribution in [3.05, 3.63) is 16.5 Å². The second-order valence-electron chi connectivity index (χ2n) is 5.37. The molecule has 0 aromatic carbocycles. The molecule has 3 rings (SSSR count). The lowest BCUT2D eigenvalue weighted by molar-refractivity contribution is 0.139. The second kappa shape index (κ2) is 5.65. The van der Waals surface area contributed by atoms with Crippen molar-refractivity contribution in [2.45, 2.75) is 31.8 Å². The quantitative estimate of drug-likeness (QED) is 0.796. The van der Waals surface area contributed by atoms with Gasteiger partial charge in [-0.15, -0.1) is 0 Å². The summed E-state index contributed by atoms with van der Waals surface area (Å²) >= 11 is 6.01. The van der Waals surface area contributed by atoms with Crippen molar-refractivity contribution in [2.24, 2.45) is 0 Å². The number of anilines is 1. The molecule has 2 aliphatic heterocycles. The van der Waals surface area contributed by atoms with Crippen molar-refractivity contribution in [3.8, 4) is 0 Å². The fourth-order valence-electron chi connectivity index (χ4n) is 3.07. The first-order chi connectivity index (χ1) is 10.1. The number of fused-ring (bicyclic) bond motifs is 1. The molecule has 0 saturated carbocycles. The standard InChI is InChI=1S/C13H17ClN4O3/c14-12-15-10-3-5-17(13(20)21)6-9(10)11(16-12)18-4-1-2-8(18)7-19/h8,19H,1-7H2,(H,20,21)/t8-/m0/s1. The zero-order valence-electron chi connectivity index (χ0n) is 11.5. The number of hydrogen-bond acceptors (Lipinski definition) is 5. The van der Waals surface area contributed by atoms with Crippen LogP contribution in [0.3, 0.4) is 0 Å². The molecule has 1 saturated heterocycles. The number of hydrogen-bond donors (Lipinski definition) is 2. The van der Waals surface area contributed by atoms with Gasteiger partial charge >= 0.3 is 6.09 Å². The Morgan fingerprint density at radius 2 is 2.19 bits per heavy atom. The molecule has 2 N–H and O–H groups in total. The number of aliphatic hydroxyl groups is 1. The van der Waals surface area contributed by atoms with Crippen molar-refractivity contribution >= 4 is 23.5 Å². The average molecular weight is 313 g/mol. The third kappa shape index (κ3) is 2.63. The maximum absolute atomic E-state index is 11.2. The second-order valence-corrected chi connectivity index (χ2v) is 5.71. The number of carbonyl (C=O) groups is 1. The maximum atomic E-state index is 11.2. The van der Waals surface area contributed by atoms with Crippen LogP contribution in [-0.4, -0.2) is 56.9 Å². The van der Waals surface area contributed by atoms with E-state index < -0.39 is 6.09 Å². The van der Waals surface area contributed by atoms with E-state index in [1.165, 1.54) is 4.90 Å². The van der Waals surface area contributed by atoms with E-state index in [9.17, 15) is 15.0 Å². The van der Waals surface area contributed by atoms with Gasteiger partial charge in [0, 0.05) is 25.1 Å². The first-order valence-corrected chi connectivity index (χ1v) is 7.38. The number of aliphatic hydroxyl groups excluding tert-OH is 1. The molecule has 0 aliphatic carbocycles. The fraction of sp³-hybridized carbons (Fsp3) is 0.615.